The number of hydrogen-bond acceptors (Lipinski definition) is 2. The van der Waals surface area contributed by atoms with Crippen molar-refractivity contribution in [3.05, 3.63) is 0 Å². The first-order valence-electron chi connectivity index (χ1n) is 5.52. The molecule has 0 amide bonds. The van der Waals surface area contributed by atoms with Crippen LogP contribution in [0.2, 0.25) is 0 Å². The van der Waals surface area contributed by atoms with Gasteiger partial charge in [0.05, 0.1) is 0 Å². The molecule has 0 saturated carbocycles. The molecule has 0 aromatic heterocycles. The maximum absolute atomic E-state index is 10.5. The lowest BCUT2D eigenvalue weighted by Gasteiger charge is -2.17. The molecule has 0 radical (unpaired) electrons. The third-order valence-electron chi connectivity index (χ3n) is 2.50. The number of aliphatic hydroxyl groups excluding tert-OH is 1. The Balaban J connectivity index is 3.87. The van der Waals surface area contributed by atoms with Gasteiger partial charge in [0.15, 0.2) is 6.10 Å². The second kappa shape index (κ2) is 7.80. The number of unbranched alkanes of at least 4 members (excludes halogenated alkanes) is 1. The van der Waals surface area contributed by atoms with Gasteiger partial charge in [-0.05, 0) is 12.3 Å². The number of aliphatic carboxylic acids is 1. The molecule has 0 saturated heterocycles. The average molecular weight is 202 g/mol. The van der Waals surface area contributed by atoms with Gasteiger partial charge in [0, 0.05) is 0 Å². The van der Waals surface area contributed by atoms with Crippen LogP contribution < -0.4 is 0 Å². The van der Waals surface area contributed by atoms with Crippen molar-refractivity contribution < 1.29 is 15.0 Å². The van der Waals surface area contributed by atoms with Crippen LogP contribution in [0.15, 0.2) is 0 Å². The van der Waals surface area contributed by atoms with Gasteiger partial charge in [-0.2, -0.15) is 0 Å². The maximum atomic E-state index is 10.5. The van der Waals surface area contributed by atoms with E-state index >= 15 is 0 Å². The Labute approximate surface area is 86.1 Å². The van der Waals surface area contributed by atoms with Crippen LogP contribution in [0, 0.1) is 5.92 Å². The second-order valence-electron chi connectivity index (χ2n) is 3.89. The highest BCUT2D eigenvalue weighted by molar-refractivity contribution is 5.71. The summed E-state index contributed by atoms with van der Waals surface area (Å²) >= 11 is 0. The molecule has 0 aromatic rings. The summed E-state index contributed by atoms with van der Waals surface area (Å²) in [5.41, 5.74) is 0. The van der Waals surface area contributed by atoms with Crippen molar-refractivity contribution in [3.8, 4) is 0 Å². The molecular weight excluding hydrogens is 180 g/mol. The quantitative estimate of drug-likeness (QED) is 0.635. The Kier molecular flexibility index (Phi) is 7.48. The number of carbonyl (C=O) groups is 1. The fourth-order valence-corrected chi connectivity index (χ4v) is 1.70. The number of carboxylic acids is 1. The van der Waals surface area contributed by atoms with Crippen LogP contribution in [-0.4, -0.2) is 22.3 Å². The topological polar surface area (TPSA) is 57.5 Å². The Morgan fingerprint density at radius 3 is 2.29 bits per heavy atom. The van der Waals surface area contributed by atoms with E-state index in [2.05, 4.69) is 13.8 Å². The fourth-order valence-electron chi connectivity index (χ4n) is 1.70. The van der Waals surface area contributed by atoms with Crippen LogP contribution in [-0.2, 0) is 4.79 Å². The zero-order chi connectivity index (χ0) is 11.0. The fraction of sp³-hybridized carbons (Fsp3) is 0.909. The number of hydrogen-bond donors (Lipinski definition) is 2. The first-order chi connectivity index (χ1) is 6.61. The van der Waals surface area contributed by atoms with Crippen LogP contribution in [0.1, 0.15) is 52.4 Å². The molecule has 0 aromatic carbocycles. The van der Waals surface area contributed by atoms with Crippen molar-refractivity contribution in [3.63, 3.8) is 0 Å². The normalized spacial score (nSPS) is 15.1. The summed E-state index contributed by atoms with van der Waals surface area (Å²) in [6, 6.07) is 0. The van der Waals surface area contributed by atoms with Gasteiger partial charge in [-0.3, -0.25) is 0 Å². The van der Waals surface area contributed by atoms with Crippen molar-refractivity contribution in [2.45, 2.75) is 58.5 Å². The molecule has 2 atom stereocenters. The van der Waals surface area contributed by atoms with E-state index in [0.717, 1.165) is 32.1 Å². The molecular formula is C11H22O3. The molecule has 0 aliphatic heterocycles. The summed E-state index contributed by atoms with van der Waals surface area (Å²) in [7, 11) is 0. The molecule has 0 heterocycles. The SMILES string of the molecule is CCCCC(CCC)CC(O)C(=O)O. The van der Waals surface area contributed by atoms with E-state index in [-0.39, 0.29) is 0 Å². The molecule has 84 valence electrons. The minimum absolute atomic E-state index is 0.367. The van der Waals surface area contributed by atoms with Gasteiger partial charge in [-0.25, -0.2) is 4.79 Å². The molecule has 0 bridgehead atoms. The first kappa shape index (κ1) is 13.4. The Morgan fingerprint density at radius 1 is 1.21 bits per heavy atom. The van der Waals surface area contributed by atoms with Crippen molar-refractivity contribution >= 4 is 5.97 Å². The van der Waals surface area contributed by atoms with Gasteiger partial charge in [0.25, 0.3) is 0 Å². The molecule has 14 heavy (non-hydrogen) atoms. The van der Waals surface area contributed by atoms with E-state index in [1.165, 1.54) is 0 Å². The molecule has 0 aliphatic carbocycles. The predicted molar refractivity (Wildman–Crippen MR) is 56.2 cm³/mol. The highest BCUT2D eigenvalue weighted by Gasteiger charge is 2.18. The molecule has 0 rings (SSSR count). The number of carboxylic acid groups (broad SMARTS) is 1. The van der Waals surface area contributed by atoms with Crippen LogP contribution in [0.5, 0.6) is 0 Å². The minimum atomic E-state index is -1.18. The molecule has 0 fully saturated rings. The summed E-state index contributed by atoms with van der Waals surface area (Å²) in [5.74, 6) is -0.728. The molecule has 0 spiro atoms. The summed E-state index contributed by atoms with van der Waals surface area (Å²) in [6.07, 6.45) is 4.59. The van der Waals surface area contributed by atoms with Gasteiger partial charge in [0.1, 0.15) is 0 Å². The van der Waals surface area contributed by atoms with Gasteiger partial charge in [-0.1, -0.05) is 46.0 Å². The minimum Gasteiger partial charge on any atom is -0.479 e. The Bertz CT molecular complexity index is 157. The number of aliphatic hydroxyl groups is 1. The molecule has 2 N–H and O–H groups in total. The highest BCUT2D eigenvalue weighted by Crippen LogP contribution is 2.20. The lowest BCUT2D eigenvalue weighted by Crippen LogP contribution is -2.23. The summed E-state index contributed by atoms with van der Waals surface area (Å²) in [5, 5.41) is 17.8. The monoisotopic (exact) mass is 202 g/mol. The predicted octanol–water partition coefficient (Wildman–Crippen LogP) is 2.43. The second-order valence-corrected chi connectivity index (χ2v) is 3.89. The third kappa shape index (κ3) is 5.97. The zero-order valence-electron chi connectivity index (χ0n) is 9.20. The first-order valence-corrected chi connectivity index (χ1v) is 5.52. The van der Waals surface area contributed by atoms with Crippen LogP contribution >= 0.6 is 0 Å². The molecule has 3 heteroatoms. The van der Waals surface area contributed by atoms with Crippen LogP contribution in [0.4, 0.5) is 0 Å². The van der Waals surface area contributed by atoms with Crippen LogP contribution in [0.3, 0.4) is 0 Å². The standard InChI is InChI=1S/C11H22O3/c1-3-5-7-9(6-4-2)8-10(12)11(13)14/h9-10,12H,3-8H2,1-2H3,(H,13,14). The van der Waals surface area contributed by atoms with Crippen LogP contribution in [0.25, 0.3) is 0 Å². The summed E-state index contributed by atoms with van der Waals surface area (Å²) in [6.45, 7) is 4.21. The largest absolute Gasteiger partial charge is 0.479 e. The zero-order valence-corrected chi connectivity index (χ0v) is 9.20. The van der Waals surface area contributed by atoms with E-state index in [1.807, 2.05) is 0 Å². The molecule has 2 unspecified atom stereocenters. The van der Waals surface area contributed by atoms with Crippen molar-refractivity contribution in [1.82, 2.24) is 0 Å². The lowest BCUT2D eigenvalue weighted by molar-refractivity contribution is -0.147. The van der Waals surface area contributed by atoms with E-state index in [4.69, 9.17) is 5.11 Å². The van der Waals surface area contributed by atoms with Crippen molar-refractivity contribution in [2.24, 2.45) is 5.92 Å². The Hall–Kier alpha value is -0.570. The summed E-state index contributed by atoms with van der Waals surface area (Å²) < 4.78 is 0. The lowest BCUT2D eigenvalue weighted by atomic mass is 9.91. The third-order valence-corrected chi connectivity index (χ3v) is 2.50. The maximum Gasteiger partial charge on any atom is 0.332 e. The van der Waals surface area contributed by atoms with Gasteiger partial charge in [-0.15, -0.1) is 0 Å². The smallest absolute Gasteiger partial charge is 0.332 e. The van der Waals surface area contributed by atoms with Gasteiger partial charge < -0.3 is 10.2 Å². The Morgan fingerprint density at radius 2 is 1.86 bits per heavy atom. The van der Waals surface area contributed by atoms with Crippen molar-refractivity contribution in [2.75, 3.05) is 0 Å². The van der Waals surface area contributed by atoms with E-state index in [1.54, 1.807) is 0 Å². The van der Waals surface area contributed by atoms with Crippen molar-refractivity contribution in [1.29, 1.82) is 0 Å². The van der Waals surface area contributed by atoms with Gasteiger partial charge in [0.2, 0.25) is 0 Å². The van der Waals surface area contributed by atoms with Gasteiger partial charge >= 0.3 is 5.97 Å². The number of rotatable bonds is 8. The van der Waals surface area contributed by atoms with E-state index in [9.17, 15) is 9.90 Å². The molecule has 0 aliphatic rings. The average Bonchev–Trinajstić information content (AvgIpc) is 2.14. The highest BCUT2D eigenvalue weighted by atomic mass is 16.4. The summed E-state index contributed by atoms with van der Waals surface area (Å²) in [4.78, 5) is 10.5. The van der Waals surface area contributed by atoms with E-state index < -0.39 is 12.1 Å². The van der Waals surface area contributed by atoms with E-state index in [0.29, 0.717) is 12.3 Å². The molecule has 3 nitrogen and oxygen atoms in total.